The van der Waals surface area contributed by atoms with Gasteiger partial charge in [0.05, 0.1) is 0 Å². The van der Waals surface area contributed by atoms with E-state index in [1.165, 1.54) is 84.0 Å². The fraction of sp³-hybridized carbons (Fsp3) is 1.00. The number of rotatable bonds is 8. The number of nitrogens with one attached hydrogen (secondary N) is 1. The molecule has 0 radical (unpaired) electrons. The molecule has 0 aromatic rings. The fourth-order valence-corrected chi connectivity index (χ4v) is 4.08. The van der Waals surface area contributed by atoms with Crippen molar-refractivity contribution in [1.29, 1.82) is 0 Å². The summed E-state index contributed by atoms with van der Waals surface area (Å²) in [6.45, 7) is 9.72. The van der Waals surface area contributed by atoms with E-state index in [1.54, 1.807) is 0 Å². The van der Waals surface area contributed by atoms with E-state index in [-0.39, 0.29) is 0 Å². The summed E-state index contributed by atoms with van der Waals surface area (Å²) < 4.78 is 0. The van der Waals surface area contributed by atoms with Crippen LogP contribution in [0.5, 0.6) is 0 Å². The highest BCUT2D eigenvalue weighted by atomic mass is 15.2. The number of nitrogens with zero attached hydrogens (tertiary/aromatic N) is 1. The van der Waals surface area contributed by atoms with Crippen LogP contribution in [0.2, 0.25) is 0 Å². The molecule has 0 atom stereocenters. The maximum absolute atomic E-state index is 3.74. The van der Waals surface area contributed by atoms with Gasteiger partial charge in [0.2, 0.25) is 0 Å². The quantitative estimate of drug-likeness (QED) is 0.675. The molecule has 2 saturated carbocycles. The van der Waals surface area contributed by atoms with Gasteiger partial charge >= 0.3 is 0 Å². The van der Waals surface area contributed by atoms with Crippen molar-refractivity contribution in [3.8, 4) is 0 Å². The van der Waals surface area contributed by atoms with Gasteiger partial charge in [-0.3, -0.25) is 4.90 Å². The van der Waals surface area contributed by atoms with Crippen molar-refractivity contribution in [1.82, 2.24) is 10.2 Å². The van der Waals surface area contributed by atoms with Crippen molar-refractivity contribution >= 4 is 0 Å². The summed E-state index contributed by atoms with van der Waals surface area (Å²) in [5.41, 5.74) is 0. The average Bonchev–Trinajstić information content (AvgIpc) is 2.97. The lowest BCUT2D eigenvalue weighted by Gasteiger charge is -2.31. The molecule has 0 aliphatic heterocycles. The Morgan fingerprint density at radius 2 is 1.60 bits per heavy atom. The molecule has 1 N–H and O–H groups in total. The first kappa shape index (κ1) is 16.3. The molecule has 20 heavy (non-hydrogen) atoms. The Labute approximate surface area is 126 Å². The Bertz CT molecular complexity index is 240. The third-order valence-electron chi connectivity index (χ3n) is 5.17. The summed E-state index contributed by atoms with van der Waals surface area (Å²) >= 11 is 0. The minimum absolute atomic E-state index is 0.800. The predicted octanol–water partition coefficient (Wildman–Crippen LogP) is 4.06. The summed E-state index contributed by atoms with van der Waals surface area (Å²) in [6, 6.07) is 0.883. The van der Waals surface area contributed by atoms with Crippen molar-refractivity contribution in [2.24, 2.45) is 11.8 Å². The second-order valence-corrected chi connectivity index (χ2v) is 7.54. The van der Waals surface area contributed by atoms with Gasteiger partial charge in [0.1, 0.15) is 0 Å². The van der Waals surface area contributed by atoms with Crippen molar-refractivity contribution in [2.45, 2.75) is 77.7 Å². The first-order chi connectivity index (χ1) is 9.75. The standard InChI is InChI=1S/C18H36N2/c1-16(2)15-20(18-10-6-7-11-18)13-12-19-14-17-8-4-3-5-9-17/h16-19H,3-15H2,1-2H3. The molecule has 0 amide bonds. The van der Waals surface area contributed by atoms with E-state index in [4.69, 9.17) is 0 Å². The Morgan fingerprint density at radius 1 is 0.950 bits per heavy atom. The minimum atomic E-state index is 0.800. The van der Waals surface area contributed by atoms with Gasteiger partial charge in [-0.2, -0.15) is 0 Å². The van der Waals surface area contributed by atoms with Crippen LogP contribution in [0.25, 0.3) is 0 Å². The van der Waals surface area contributed by atoms with Crippen LogP contribution in [-0.2, 0) is 0 Å². The van der Waals surface area contributed by atoms with E-state index >= 15 is 0 Å². The zero-order valence-electron chi connectivity index (χ0n) is 13.9. The molecule has 0 unspecified atom stereocenters. The van der Waals surface area contributed by atoms with Crippen molar-refractivity contribution < 1.29 is 0 Å². The van der Waals surface area contributed by atoms with Crippen LogP contribution in [-0.4, -0.2) is 37.1 Å². The van der Waals surface area contributed by atoms with Gasteiger partial charge in [-0.15, -0.1) is 0 Å². The molecule has 118 valence electrons. The molecule has 2 rings (SSSR count). The summed E-state index contributed by atoms with van der Waals surface area (Å²) in [5.74, 6) is 1.77. The van der Waals surface area contributed by atoms with E-state index in [0.29, 0.717) is 0 Å². The molecule has 0 aromatic carbocycles. The lowest BCUT2D eigenvalue weighted by Crippen LogP contribution is -2.41. The molecular formula is C18H36N2. The highest BCUT2D eigenvalue weighted by Crippen LogP contribution is 2.24. The topological polar surface area (TPSA) is 15.3 Å². The van der Waals surface area contributed by atoms with E-state index in [2.05, 4.69) is 24.1 Å². The summed E-state index contributed by atoms with van der Waals surface area (Å²) in [4.78, 5) is 2.77. The van der Waals surface area contributed by atoms with Crippen LogP contribution in [0.15, 0.2) is 0 Å². The van der Waals surface area contributed by atoms with Crippen molar-refractivity contribution in [3.05, 3.63) is 0 Å². The second kappa shape index (κ2) is 9.04. The summed E-state index contributed by atoms with van der Waals surface area (Å²) in [7, 11) is 0. The van der Waals surface area contributed by atoms with Gasteiger partial charge in [-0.05, 0) is 44.1 Å². The van der Waals surface area contributed by atoms with Crippen LogP contribution in [0, 0.1) is 11.8 Å². The molecule has 2 heteroatoms. The van der Waals surface area contributed by atoms with Gasteiger partial charge in [-0.25, -0.2) is 0 Å². The highest BCUT2D eigenvalue weighted by Gasteiger charge is 2.22. The molecule has 0 heterocycles. The third-order valence-corrected chi connectivity index (χ3v) is 5.17. The highest BCUT2D eigenvalue weighted by molar-refractivity contribution is 4.79. The van der Waals surface area contributed by atoms with Crippen molar-refractivity contribution in [2.75, 3.05) is 26.2 Å². The number of hydrogen-bond donors (Lipinski definition) is 1. The Hall–Kier alpha value is -0.0800. The molecule has 0 bridgehead atoms. The van der Waals surface area contributed by atoms with Crippen LogP contribution in [0.4, 0.5) is 0 Å². The maximum Gasteiger partial charge on any atom is 0.0110 e. The van der Waals surface area contributed by atoms with E-state index < -0.39 is 0 Å². The van der Waals surface area contributed by atoms with Crippen LogP contribution < -0.4 is 5.32 Å². The van der Waals surface area contributed by atoms with Crippen LogP contribution in [0.1, 0.15) is 71.6 Å². The Morgan fingerprint density at radius 3 is 2.25 bits per heavy atom. The van der Waals surface area contributed by atoms with Gasteiger partial charge in [-0.1, -0.05) is 46.0 Å². The lowest BCUT2D eigenvalue weighted by atomic mass is 9.89. The lowest BCUT2D eigenvalue weighted by molar-refractivity contribution is 0.176. The van der Waals surface area contributed by atoms with Crippen molar-refractivity contribution in [3.63, 3.8) is 0 Å². The minimum Gasteiger partial charge on any atom is -0.315 e. The normalized spacial score (nSPS) is 22.2. The molecule has 2 nitrogen and oxygen atoms in total. The van der Waals surface area contributed by atoms with E-state index in [0.717, 1.165) is 17.9 Å². The zero-order valence-corrected chi connectivity index (χ0v) is 13.9. The van der Waals surface area contributed by atoms with Crippen LogP contribution in [0.3, 0.4) is 0 Å². The first-order valence-electron chi connectivity index (χ1n) is 9.20. The molecule has 2 aliphatic carbocycles. The van der Waals surface area contributed by atoms with Gasteiger partial charge in [0.25, 0.3) is 0 Å². The summed E-state index contributed by atoms with van der Waals surface area (Å²) in [5, 5.41) is 3.74. The third kappa shape index (κ3) is 5.73. The van der Waals surface area contributed by atoms with Gasteiger partial charge in [0.15, 0.2) is 0 Å². The smallest absolute Gasteiger partial charge is 0.0110 e. The van der Waals surface area contributed by atoms with E-state index in [9.17, 15) is 0 Å². The Balaban J connectivity index is 1.62. The Kier molecular flexibility index (Phi) is 7.37. The molecule has 2 fully saturated rings. The SMILES string of the molecule is CC(C)CN(CCNCC1CCCCC1)C1CCCC1. The average molecular weight is 280 g/mol. The zero-order chi connectivity index (χ0) is 14.2. The van der Waals surface area contributed by atoms with Gasteiger partial charge < -0.3 is 5.32 Å². The maximum atomic E-state index is 3.74. The fourth-order valence-electron chi connectivity index (χ4n) is 4.08. The molecule has 0 aromatic heterocycles. The predicted molar refractivity (Wildman–Crippen MR) is 88.1 cm³/mol. The molecule has 2 aliphatic rings. The molecule has 0 saturated heterocycles. The molecular weight excluding hydrogens is 244 g/mol. The summed E-state index contributed by atoms with van der Waals surface area (Å²) in [6.07, 6.45) is 13.1. The van der Waals surface area contributed by atoms with Crippen LogP contribution >= 0.6 is 0 Å². The monoisotopic (exact) mass is 280 g/mol. The first-order valence-corrected chi connectivity index (χ1v) is 9.20. The molecule has 0 spiro atoms. The second-order valence-electron chi connectivity index (χ2n) is 7.54. The largest absolute Gasteiger partial charge is 0.315 e. The van der Waals surface area contributed by atoms with Gasteiger partial charge in [0, 0.05) is 25.7 Å². The number of hydrogen-bond acceptors (Lipinski definition) is 2. The van der Waals surface area contributed by atoms with E-state index in [1.807, 2.05) is 0 Å².